The van der Waals surface area contributed by atoms with E-state index in [0.29, 0.717) is 22.5 Å². The van der Waals surface area contributed by atoms with Crippen molar-refractivity contribution in [1.82, 2.24) is 0 Å². The van der Waals surface area contributed by atoms with Gasteiger partial charge in [0, 0.05) is 0 Å². The van der Waals surface area contributed by atoms with Crippen LogP contribution in [0.4, 0.5) is 11.4 Å². The van der Waals surface area contributed by atoms with E-state index in [4.69, 9.17) is 11.0 Å². The maximum absolute atomic E-state index is 12.1. The SMILES string of the molecule is N#Cc1cccc(CS(=O)(=O)Nc2ccccc2N)c1. The molecule has 3 N–H and O–H groups in total. The number of para-hydroxylation sites is 2. The summed E-state index contributed by atoms with van der Waals surface area (Å²) in [5, 5.41) is 8.80. The lowest BCUT2D eigenvalue weighted by Crippen LogP contribution is -2.16. The van der Waals surface area contributed by atoms with E-state index in [1.54, 1.807) is 48.5 Å². The van der Waals surface area contributed by atoms with Crippen molar-refractivity contribution in [1.29, 1.82) is 5.26 Å². The van der Waals surface area contributed by atoms with E-state index in [2.05, 4.69) is 4.72 Å². The Morgan fingerprint density at radius 3 is 2.60 bits per heavy atom. The van der Waals surface area contributed by atoms with E-state index in [9.17, 15) is 8.42 Å². The van der Waals surface area contributed by atoms with Crippen molar-refractivity contribution in [3.05, 3.63) is 59.7 Å². The summed E-state index contributed by atoms with van der Waals surface area (Å²) in [6.45, 7) is 0. The first-order chi connectivity index (χ1) is 9.50. The lowest BCUT2D eigenvalue weighted by atomic mass is 10.2. The topological polar surface area (TPSA) is 96.0 Å². The van der Waals surface area contributed by atoms with Gasteiger partial charge in [0.1, 0.15) is 0 Å². The van der Waals surface area contributed by atoms with Gasteiger partial charge in [0.25, 0.3) is 0 Å². The number of benzene rings is 2. The van der Waals surface area contributed by atoms with E-state index in [0.717, 1.165) is 0 Å². The van der Waals surface area contributed by atoms with Gasteiger partial charge in [0.15, 0.2) is 0 Å². The minimum Gasteiger partial charge on any atom is -0.397 e. The Kier molecular flexibility index (Phi) is 3.91. The van der Waals surface area contributed by atoms with Crippen LogP contribution in [-0.4, -0.2) is 8.42 Å². The minimum absolute atomic E-state index is 0.211. The Hall–Kier alpha value is -2.52. The van der Waals surface area contributed by atoms with Gasteiger partial charge in [-0.2, -0.15) is 5.26 Å². The Morgan fingerprint density at radius 1 is 1.15 bits per heavy atom. The Bertz CT molecular complexity index is 764. The lowest BCUT2D eigenvalue weighted by molar-refractivity contribution is 0.600. The number of rotatable bonds is 4. The molecule has 20 heavy (non-hydrogen) atoms. The number of hydrogen-bond donors (Lipinski definition) is 2. The van der Waals surface area contributed by atoms with Gasteiger partial charge in [0.05, 0.1) is 28.8 Å². The van der Waals surface area contributed by atoms with Gasteiger partial charge in [-0.05, 0) is 29.8 Å². The van der Waals surface area contributed by atoms with E-state index in [-0.39, 0.29) is 5.75 Å². The maximum Gasteiger partial charge on any atom is 0.236 e. The molecule has 0 spiro atoms. The van der Waals surface area contributed by atoms with Crippen molar-refractivity contribution < 1.29 is 8.42 Å². The normalized spacial score (nSPS) is 10.8. The summed E-state index contributed by atoms with van der Waals surface area (Å²) < 4.78 is 26.6. The number of nitrogens with two attached hydrogens (primary N) is 1. The molecule has 0 aliphatic rings. The van der Waals surface area contributed by atoms with Gasteiger partial charge in [-0.15, -0.1) is 0 Å². The van der Waals surface area contributed by atoms with Crippen LogP contribution in [0.3, 0.4) is 0 Å². The standard InChI is InChI=1S/C14H13N3O2S/c15-9-11-4-3-5-12(8-11)10-20(18,19)17-14-7-2-1-6-13(14)16/h1-8,17H,10,16H2. The van der Waals surface area contributed by atoms with E-state index in [1.807, 2.05) is 6.07 Å². The van der Waals surface area contributed by atoms with Crippen molar-refractivity contribution >= 4 is 21.4 Å². The van der Waals surface area contributed by atoms with E-state index in [1.165, 1.54) is 0 Å². The number of nitrogens with zero attached hydrogens (tertiary/aromatic N) is 1. The van der Waals surface area contributed by atoms with Crippen LogP contribution in [0.15, 0.2) is 48.5 Å². The summed E-state index contributed by atoms with van der Waals surface area (Å²) in [5.41, 5.74) is 7.39. The molecule has 0 aliphatic carbocycles. The fourth-order valence-corrected chi connectivity index (χ4v) is 2.96. The molecule has 0 heterocycles. The highest BCUT2D eigenvalue weighted by Gasteiger charge is 2.13. The predicted molar refractivity (Wildman–Crippen MR) is 78.3 cm³/mol. The molecule has 0 saturated carbocycles. The predicted octanol–water partition coefficient (Wildman–Crippen LogP) is 2.08. The van der Waals surface area contributed by atoms with Crippen molar-refractivity contribution in [3.8, 4) is 6.07 Å². The number of nitrogens with one attached hydrogen (secondary N) is 1. The Labute approximate surface area is 117 Å². The summed E-state index contributed by atoms with van der Waals surface area (Å²) in [4.78, 5) is 0. The summed E-state index contributed by atoms with van der Waals surface area (Å²) in [6.07, 6.45) is 0. The van der Waals surface area contributed by atoms with Crippen LogP contribution in [-0.2, 0) is 15.8 Å². The highest BCUT2D eigenvalue weighted by atomic mass is 32.2. The Balaban J connectivity index is 2.20. The average molecular weight is 287 g/mol. The van der Waals surface area contributed by atoms with Gasteiger partial charge in [0.2, 0.25) is 10.0 Å². The third kappa shape index (κ3) is 3.49. The highest BCUT2D eigenvalue weighted by molar-refractivity contribution is 7.91. The monoisotopic (exact) mass is 287 g/mol. The van der Waals surface area contributed by atoms with Gasteiger partial charge < -0.3 is 5.73 Å². The number of hydrogen-bond acceptors (Lipinski definition) is 4. The molecule has 0 unspecified atom stereocenters. The van der Waals surface area contributed by atoms with Crippen LogP contribution in [0.2, 0.25) is 0 Å². The third-order valence-corrected chi connectivity index (χ3v) is 3.88. The van der Waals surface area contributed by atoms with Gasteiger partial charge >= 0.3 is 0 Å². The molecule has 2 aromatic carbocycles. The molecule has 0 atom stereocenters. The van der Waals surface area contributed by atoms with Crippen molar-refractivity contribution in [2.45, 2.75) is 5.75 Å². The highest BCUT2D eigenvalue weighted by Crippen LogP contribution is 2.19. The molecule has 2 rings (SSSR count). The smallest absolute Gasteiger partial charge is 0.236 e. The molecule has 0 bridgehead atoms. The largest absolute Gasteiger partial charge is 0.397 e. The Morgan fingerprint density at radius 2 is 1.90 bits per heavy atom. The quantitative estimate of drug-likeness (QED) is 0.841. The molecule has 0 fully saturated rings. The molecule has 102 valence electrons. The minimum atomic E-state index is -3.57. The lowest BCUT2D eigenvalue weighted by Gasteiger charge is -2.10. The number of nitriles is 1. The van der Waals surface area contributed by atoms with Crippen LogP contribution in [0.25, 0.3) is 0 Å². The average Bonchev–Trinajstić information content (AvgIpc) is 2.41. The number of nitrogen functional groups attached to an aromatic ring is 1. The van der Waals surface area contributed by atoms with Crippen molar-refractivity contribution in [2.75, 3.05) is 10.5 Å². The van der Waals surface area contributed by atoms with Crippen LogP contribution in [0.5, 0.6) is 0 Å². The fraction of sp³-hybridized carbons (Fsp3) is 0.0714. The van der Waals surface area contributed by atoms with Crippen LogP contribution in [0.1, 0.15) is 11.1 Å². The van der Waals surface area contributed by atoms with E-state index < -0.39 is 10.0 Å². The molecule has 5 nitrogen and oxygen atoms in total. The zero-order valence-corrected chi connectivity index (χ0v) is 11.4. The summed E-state index contributed by atoms with van der Waals surface area (Å²) >= 11 is 0. The van der Waals surface area contributed by atoms with Crippen LogP contribution >= 0.6 is 0 Å². The van der Waals surface area contributed by atoms with Gasteiger partial charge in [-0.1, -0.05) is 24.3 Å². The first-order valence-corrected chi connectivity index (χ1v) is 7.49. The van der Waals surface area contributed by atoms with Crippen molar-refractivity contribution in [2.24, 2.45) is 0 Å². The molecule has 0 radical (unpaired) electrons. The second-order valence-corrected chi connectivity index (χ2v) is 5.98. The van der Waals surface area contributed by atoms with Crippen LogP contribution < -0.4 is 10.5 Å². The zero-order chi connectivity index (χ0) is 14.6. The summed E-state index contributed by atoms with van der Waals surface area (Å²) in [6, 6.07) is 15.1. The van der Waals surface area contributed by atoms with E-state index >= 15 is 0 Å². The molecule has 0 aliphatic heterocycles. The first-order valence-electron chi connectivity index (χ1n) is 5.84. The zero-order valence-electron chi connectivity index (χ0n) is 10.6. The number of sulfonamides is 1. The first kappa shape index (κ1) is 13.9. The molecule has 0 saturated heterocycles. The van der Waals surface area contributed by atoms with Gasteiger partial charge in [-0.25, -0.2) is 8.42 Å². The molecular weight excluding hydrogens is 274 g/mol. The second-order valence-electron chi connectivity index (χ2n) is 4.26. The second kappa shape index (κ2) is 5.63. The molecular formula is C14H13N3O2S. The summed E-state index contributed by atoms with van der Waals surface area (Å²) in [7, 11) is -3.57. The third-order valence-electron chi connectivity index (χ3n) is 2.64. The summed E-state index contributed by atoms with van der Waals surface area (Å²) in [5.74, 6) is -0.211. The fourth-order valence-electron chi connectivity index (χ4n) is 1.74. The molecule has 2 aromatic rings. The number of anilines is 2. The van der Waals surface area contributed by atoms with Gasteiger partial charge in [-0.3, -0.25) is 4.72 Å². The molecule has 0 aromatic heterocycles. The van der Waals surface area contributed by atoms with Crippen molar-refractivity contribution in [3.63, 3.8) is 0 Å². The van der Waals surface area contributed by atoms with Crippen LogP contribution in [0, 0.1) is 11.3 Å². The molecule has 6 heteroatoms. The maximum atomic E-state index is 12.1. The molecule has 0 amide bonds.